The summed E-state index contributed by atoms with van der Waals surface area (Å²) in [7, 11) is 0. The largest absolute Gasteiger partial charge is 0.374 e. The van der Waals surface area contributed by atoms with Crippen molar-refractivity contribution in [3.8, 4) is 0 Å². The quantitative estimate of drug-likeness (QED) is 0.496. The van der Waals surface area contributed by atoms with Crippen LogP contribution in [0.4, 0.5) is 11.6 Å². The van der Waals surface area contributed by atoms with Gasteiger partial charge < -0.3 is 15.5 Å². The molecule has 6 nitrogen and oxygen atoms in total. The van der Waals surface area contributed by atoms with Crippen molar-refractivity contribution in [2.24, 2.45) is 5.84 Å². The number of hydrazine groups is 1. The van der Waals surface area contributed by atoms with E-state index in [1.54, 1.807) is 17.8 Å². The highest BCUT2D eigenvalue weighted by molar-refractivity contribution is 7.99. The van der Waals surface area contributed by atoms with Crippen molar-refractivity contribution < 1.29 is 4.74 Å². The third-order valence-electron chi connectivity index (χ3n) is 2.60. The van der Waals surface area contributed by atoms with Gasteiger partial charge in [0, 0.05) is 24.0 Å². The Morgan fingerprint density at radius 2 is 2.05 bits per heavy atom. The average molecular weight is 285 g/mol. The number of aromatic nitrogens is 2. The lowest BCUT2D eigenvalue weighted by Gasteiger charge is -2.22. The third-order valence-corrected chi connectivity index (χ3v) is 3.85. The highest BCUT2D eigenvalue weighted by Gasteiger charge is 2.16. The summed E-state index contributed by atoms with van der Waals surface area (Å²) >= 11 is 1.80. The summed E-state index contributed by atoms with van der Waals surface area (Å²) in [6, 6.07) is 1.78. The summed E-state index contributed by atoms with van der Waals surface area (Å²) < 4.78 is 5.46. The van der Waals surface area contributed by atoms with E-state index >= 15 is 0 Å². The third kappa shape index (κ3) is 5.63. The van der Waals surface area contributed by atoms with E-state index < -0.39 is 0 Å². The van der Waals surface area contributed by atoms with Gasteiger partial charge in [0.2, 0.25) is 0 Å². The minimum atomic E-state index is 0.140. The van der Waals surface area contributed by atoms with E-state index in [1.807, 2.05) is 6.92 Å². The number of nitrogen functional groups attached to an aromatic ring is 1. The van der Waals surface area contributed by atoms with Gasteiger partial charge in [-0.25, -0.2) is 15.8 Å². The molecule has 0 radical (unpaired) electrons. The molecule has 0 spiro atoms. The molecule has 1 aromatic rings. The van der Waals surface area contributed by atoms with Crippen LogP contribution in [0.3, 0.4) is 0 Å². The molecule has 19 heavy (non-hydrogen) atoms. The molecular formula is C12H23N5OS. The van der Waals surface area contributed by atoms with Crippen LogP contribution in [0.2, 0.25) is 0 Å². The number of rotatable bonds is 8. The predicted molar refractivity (Wildman–Crippen MR) is 81.3 cm³/mol. The maximum absolute atomic E-state index is 5.41. The van der Waals surface area contributed by atoms with E-state index in [0.29, 0.717) is 24.9 Å². The van der Waals surface area contributed by atoms with Crippen LogP contribution in [0.25, 0.3) is 0 Å². The normalized spacial score (nSPS) is 11.4. The Morgan fingerprint density at radius 1 is 1.37 bits per heavy atom. The number of nitrogens with zero attached hydrogens (tertiary/aromatic N) is 2. The molecule has 1 heterocycles. The van der Waals surface area contributed by atoms with Gasteiger partial charge in [0.05, 0.1) is 0 Å². The zero-order valence-electron chi connectivity index (χ0n) is 12.0. The fraction of sp³-hybridized carbons (Fsp3) is 0.667. The molecule has 0 aliphatic carbocycles. The molecule has 7 heteroatoms. The number of nitrogens with one attached hydrogen (secondary N) is 2. The Hall–Kier alpha value is -1.05. The molecule has 1 aromatic heterocycles. The van der Waals surface area contributed by atoms with E-state index in [0.717, 1.165) is 12.4 Å². The number of thioether (sulfide) groups is 1. The van der Waals surface area contributed by atoms with Crippen molar-refractivity contribution in [3.05, 3.63) is 11.9 Å². The molecule has 0 aliphatic rings. The summed E-state index contributed by atoms with van der Waals surface area (Å²) in [5, 5.41) is 3.30. The molecule has 0 saturated heterocycles. The average Bonchev–Trinajstić information content (AvgIpc) is 2.42. The lowest BCUT2D eigenvalue weighted by atomic mass is 10.2. The van der Waals surface area contributed by atoms with Gasteiger partial charge in [-0.05, 0) is 27.0 Å². The predicted octanol–water partition coefficient (Wildman–Crippen LogP) is 1.85. The van der Waals surface area contributed by atoms with Crippen LogP contribution in [0.1, 0.15) is 26.6 Å². The lowest BCUT2D eigenvalue weighted by molar-refractivity contribution is 0.128. The number of ether oxygens (including phenoxy) is 1. The summed E-state index contributed by atoms with van der Waals surface area (Å²) in [6.07, 6.45) is 2.09. The van der Waals surface area contributed by atoms with Crippen molar-refractivity contribution in [3.63, 3.8) is 0 Å². The summed E-state index contributed by atoms with van der Waals surface area (Å²) in [6.45, 7) is 8.11. The minimum Gasteiger partial charge on any atom is -0.374 e. The molecule has 1 rings (SSSR count). The van der Waals surface area contributed by atoms with Gasteiger partial charge in [0.15, 0.2) is 5.82 Å². The Labute approximate surface area is 118 Å². The molecule has 0 atom stereocenters. The topological polar surface area (TPSA) is 85.1 Å². The molecule has 0 aliphatic heterocycles. The number of hydrogen-bond acceptors (Lipinski definition) is 7. The SMILES string of the molecule is CCOCc1nc(NN)cc(NCC(C)(C)SC)n1. The lowest BCUT2D eigenvalue weighted by Crippen LogP contribution is -2.26. The number of hydrogen-bond donors (Lipinski definition) is 3. The fourth-order valence-corrected chi connectivity index (χ4v) is 1.51. The summed E-state index contributed by atoms with van der Waals surface area (Å²) in [5.74, 6) is 7.35. The minimum absolute atomic E-state index is 0.140. The summed E-state index contributed by atoms with van der Waals surface area (Å²) in [5.41, 5.74) is 2.54. The van der Waals surface area contributed by atoms with Gasteiger partial charge in [-0.3, -0.25) is 0 Å². The van der Waals surface area contributed by atoms with Crippen molar-refractivity contribution in [2.45, 2.75) is 32.1 Å². The van der Waals surface area contributed by atoms with Crippen molar-refractivity contribution >= 4 is 23.4 Å². The maximum Gasteiger partial charge on any atom is 0.158 e. The molecule has 4 N–H and O–H groups in total. The van der Waals surface area contributed by atoms with E-state index in [4.69, 9.17) is 10.6 Å². The second kappa shape index (κ2) is 7.52. The van der Waals surface area contributed by atoms with Gasteiger partial charge in [-0.2, -0.15) is 11.8 Å². The van der Waals surface area contributed by atoms with Crippen molar-refractivity contribution in [1.82, 2.24) is 9.97 Å². The first-order valence-corrected chi connectivity index (χ1v) is 7.44. The van der Waals surface area contributed by atoms with Crippen LogP contribution in [0.15, 0.2) is 6.07 Å². The monoisotopic (exact) mass is 285 g/mol. The van der Waals surface area contributed by atoms with Crippen LogP contribution in [-0.4, -0.2) is 34.1 Å². The Morgan fingerprint density at radius 3 is 2.63 bits per heavy atom. The van der Waals surface area contributed by atoms with Gasteiger partial charge in [0.25, 0.3) is 0 Å². The molecule has 0 unspecified atom stereocenters. The van der Waals surface area contributed by atoms with E-state index in [2.05, 4.69) is 40.8 Å². The highest BCUT2D eigenvalue weighted by atomic mass is 32.2. The molecule has 0 fully saturated rings. The van der Waals surface area contributed by atoms with Gasteiger partial charge in [-0.1, -0.05) is 0 Å². The van der Waals surface area contributed by atoms with Crippen LogP contribution in [-0.2, 0) is 11.3 Å². The highest BCUT2D eigenvalue weighted by Crippen LogP contribution is 2.21. The van der Waals surface area contributed by atoms with Crippen LogP contribution >= 0.6 is 11.8 Å². The smallest absolute Gasteiger partial charge is 0.158 e. The molecule has 0 bridgehead atoms. The molecule has 0 saturated carbocycles. The summed E-state index contributed by atoms with van der Waals surface area (Å²) in [4.78, 5) is 8.64. The Balaban J connectivity index is 2.76. The van der Waals surface area contributed by atoms with E-state index in [1.165, 1.54) is 0 Å². The molecule has 0 amide bonds. The first-order valence-electron chi connectivity index (χ1n) is 6.22. The number of nitrogens with two attached hydrogens (primary N) is 1. The Bertz CT molecular complexity index is 400. The standard InChI is InChI=1S/C12H23N5OS/c1-5-18-7-11-15-9(6-10(16-11)17-13)14-8-12(2,3)19-4/h6H,5,7-8,13H2,1-4H3,(H2,14,15,16,17). The van der Waals surface area contributed by atoms with Crippen LogP contribution < -0.4 is 16.6 Å². The van der Waals surface area contributed by atoms with E-state index in [9.17, 15) is 0 Å². The van der Waals surface area contributed by atoms with Crippen LogP contribution in [0.5, 0.6) is 0 Å². The zero-order valence-corrected chi connectivity index (χ0v) is 12.8. The Kier molecular flexibility index (Phi) is 6.33. The first kappa shape index (κ1) is 16.0. The maximum atomic E-state index is 5.41. The zero-order chi connectivity index (χ0) is 14.3. The van der Waals surface area contributed by atoms with Gasteiger partial charge in [-0.15, -0.1) is 0 Å². The molecule has 0 aromatic carbocycles. The fourth-order valence-electron chi connectivity index (χ4n) is 1.30. The van der Waals surface area contributed by atoms with Crippen molar-refractivity contribution in [2.75, 3.05) is 30.1 Å². The van der Waals surface area contributed by atoms with Crippen LogP contribution in [0, 0.1) is 0 Å². The van der Waals surface area contributed by atoms with Gasteiger partial charge >= 0.3 is 0 Å². The second-order valence-electron chi connectivity index (χ2n) is 4.65. The van der Waals surface area contributed by atoms with Crippen molar-refractivity contribution in [1.29, 1.82) is 0 Å². The first-order chi connectivity index (χ1) is 9.00. The number of anilines is 2. The van der Waals surface area contributed by atoms with E-state index in [-0.39, 0.29) is 4.75 Å². The van der Waals surface area contributed by atoms with Gasteiger partial charge in [0.1, 0.15) is 18.2 Å². The molecular weight excluding hydrogens is 262 g/mol. The molecule has 108 valence electrons. The second-order valence-corrected chi connectivity index (χ2v) is 6.17.